The van der Waals surface area contributed by atoms with Gasteiger partial charge in [-0.2, -0.15) is 0 Å². The van der Waals surface area contributed by atoms with Crippen LogP contribution in [-0.4, -0.2) is 64.8 Å². The van der Waals surface area contributed by atoms with E-state index in [2.05, 4.69) is 13.2 Å². The zero-order valence-electron chi connectivity index (χ0n) is 27.7. The molecule has 0 fully saturated rings. The summed E-state index contributed by atoms with van der Waals surface area (Å²) in [7, 11) is 0. The molecule has 0 radical (unpaired) electrons. The van der Waals surface area contributed by atoms with Crippen LogP contribution in [0.2, 0.25) is 0 Å². The molecule has 0 spiro atoms. The van der Waals surface area contributed by atoms with E-state index in [0.717, 1.165) is 20.9 Å². The Kier molecular flexibility index (Phi) is 15.5. The molecule has 0 aliphatic heterocycles. The molecule has 45 heavy (non-hydrogen) atoms. The second kappa shape index (κ2) is 18.7. The summed E-state index contributed by atoms with van der Waals surface area (Å²) < 4.78 is 46.7. The predicted molar refractivity (Wildman–Crippen MR) is 174 cm³/mol. The highest BCUT2D eigenvalue weighted by Gasteiger charge is 2.24. The molecule has 2 aromatic rings. The molecule has 0 amide bonds. The van der Waals surface area contributed by atoms with Crippen molar-refractivity contribution in [3.63, 3.8) is 0 Å². The summed E-state index contributed by atoms with van der Waals surface area (Å²) in [5.74, 6) is 2.35. The van der Waals surface area contributed by atoms with E-state index in [9.17, 15) is 9.59 Å². The van der Waals surface area contributed by atoms with Gasteiger partial charge in [0.1, 0.15) is 37.9 Å². The van der Waals surface area contributed by atoms with Crippen LogP contribution in [-0.2, 0) is 19.1 Å². The van der Waals surface area contributed by atoms with Crippen molar-refractivity contribution in [1.29, 1.82) is 0 Å². The van der Waals surface area contributed by atoms with Crippen molar-refractivity contribution in [2.75, 3.05) is 52.9 Å². The Morgan fingerprint density at radius 3 is 1.24 bits per heavy atom. The van der Waals surface area contributed by atoms with Gasteiger partial charge in [-0.3, -0.25) is 0 Å². The second-order valence-corrected chi connectivity index (χ2v) is 10.8. The molecule has 0 heterocycles. The molecule has 2 rings (SSSR count). The van der Waals surface area contributed by atoms with Crippen molar-refractivity contribution < 1.29 is 47.5 Å². The molecule has 0 atom stereocenters. The minimum Gasteiger partial charge on any atom is -0.492 e. The molecule has 0 N–H and O–H groups in total. The third kappa shape index (κ3) is 10.6. The van der Waals surface area contributed by atoms with Crippen LogP contribution >= 0.6 is 11.8 Å². The first-order chi connectivity index (χ1) is 21.5. The molecule has 10 nitrogen and oxygen atoms in total. The average Bonchev–Trinajstić information content (AvgIpc) is 2.99. The average molecular weight is 647 g/mol. The fourth-order valence-corrected chi connectivity index (χ4v) is 5.23. The molecule has 0 aliphatic carbocycles. The number of hydrogen-bond acceptors (Lipinski definition) is 11. The number of hydrogen-bond donors (Lipinski definition) is 0. The van der Waals surface area contributed by atoms with Gasteiger partial charge >= 0.3 is 11.9 Å². The van der Waals surface area contributed by atoms with Gasteiger partial charge in [-0.15, -0.1) is 0 Å². The number of esters is 2. The predicted octanol–water partition coefficient (Wildman–Crippen LogP) is 7.05. The van der Waals surface area contributed by atoms with Crippen molar-refractivity contribution in [3.05, 3.63) is 47.6 Å². The molecule has 0 aromatic heterocycles. The van der Waals surface area contributed by atoms with E-state index in [-0.39, 0.29) is 26.4 Å². The summed E-state index contributed by atoms with van der Waals surface area (Å²) in [4.78, 5) is 25.1. The first-order valence-corrected chi connectivity index (χ1v) is 15.8. The van der Waals surface area contributed by atoms with E-state index in [1.807, 2.05) is 53.7 Å². The highest BCUT2D eigenvalue weighted by Crippen LogP contribution is 2.51. The number of carbonyl (C=O) groups is 2. The number of carbonyl (C=O) groups excluding carboxylic acids is 2. The maximum Gasteiger partial charge on any atom is 0.333 e. The quantitative estimate of drug-likeness (QED) is 0.0839. The van der Waals surface area contributed by atoms with Gasteiger partial charge in [-0.05, 0) is 55.4 Å². The van der Waals surface area contributed by atoms with Crippen LogP contribution in [0.25, 0.3) is 0 Å². The molecule has 248 valence electrons. The van der Waals surface area contributed by atoms with Gasteiger partial charge in [-0.25, -0.2) is 9.59 Å². The second-order valence-electron chi connectivity index (χ2n) is 9.68. The maximum atomic E-state index is 11.8. The van der Waals surface area contributed by atoms with Crippen molar-refractivity contribution in [2.24, 2.45) is 0 Å². The fourth-order valence-electron chi connectivity index (χ4n) is 4.05. The zero-order chi connectivity index (χ0) is 33.5. The lowest BCUT2D eigenvalue weighted by Crippen LogP contribution is -2.14. The van der Waals surface area contributed by atoms with Gasteiger partial charge in [0, 0.05) is 34.4 Å². The van der Waals surface area contributed by atoms with Crippen LogP contribution in [0.1, 0.15) is 52.7 Å². The lowest BCUT2D eigenvalue weighted by molar-refractivity contribution is -0.140. The molecule has 0 saturated heterocycles. The van der Waals surface area contributed by atoms with E-state index in [1.165, 1.54) is 11.8 Å². The summed E-state index contributed by atoms with van der Waals surface area (Å²) in [5, 5.41) is 0. The molecule has 2 aromatic carbocycles. The SMILES string of the molecule is C=C(C)C(=O)OCCOc1c(OCC)cc(Sc2cc(OCC)c(OCCOC(=O)C(=C)C)c(C)c2OCC)c(OCC)c1C. The number of benzene rings is 2. The standard InChI is InChI=1S/C34H46O10S/c1-11-37-25-19-27(31(39-13-3)23(9)29(25)41-15-17-43-33(35)21(5)6)45-28-20-26(38-12-2)30(24(10)32(28)40-14-4)42-16-18-44-34(36)22(7)8/h19-20H,5,7,11-18H2,1-4,6,8-10H3. The molecule has 0 unspecified atom stereocenters. The Morgan fingerprint density at radius 1 is 0.578 bits per heavy atom. The smallest absolute Gasteiger partial charge is 0.333 e. The highest BCUT2D eigenvalue weighted by atomic mass is 32.2. The van der Waals surface area contributed by atoms with Crippen LogP contribution < -0.4 is 28.4 Å². The van der Waals surface area contributed by atoms with Crippen molar-refractivity contribution in [3.8, 4) is 34.5 Å². The molecule has 0 bridgehead atoms. The molecule has 0 saturated carbocycles. The van der Waals surface area contributed by atoms with Crippen LogP contribution in [0.4, 0.5) is 0 Å². The zero-order valence-corrected chi connectivity index (χ0v) is 28.5. The largest absolute Gasteiger partial charge is 0.492 e. The summed E-state index contributed by atoms with van der Waals surface area (Å²) in [6.07, 6.45) is 0. The molecule has 11 heteroatoms. The third-order valence-electron chi connectivity index (χ3n) is 6.00. The third-order valence-corrected chi connectivity index (χ3v) is 7.05. The van der Waals surface area contributed by atoms with Crippen molar-refractivity contribution in [1.82, 2.24) is 0 Å². The van der Waals surface area contributed by atoms with Crippen LogP contribution in [0.3, 0.4) is 0 Å². The van der Waals surface area contributed by atoms with Gasteiger partial charge in [0.05, 0.1) is 36.2 Å². The summed E-state index contributed by atoms with van der Waals surface area (Å²) in [6, 6.07) is 3.74. The van der Waals surface area contributed by atoms with E-state index in [4.69, 9.17) is 37.9 Å². The van der Waals surface area contributed by atoms with Crippen molar-refractivity contribution in [2.45, 2.75) is 65.2 Å². The minimum absolute atomic E-state index is 0.0547. The monoisotopic (exact) mass is 646 g/mol. The molecular formula is C34H46O10S. The normalized spacial score (nSPS) is 10.5. The first kappa shape index (κ1) is 37.2. The lowest BCUT2D eigenvalue weighted by atomic mass is 10.1. The van der Waals surface area contributed by atoms with E-state index in [0.29, 0.717) is 72.1 Å². The Hall–Kier alpha value is -3.99. The highest BCUT2D eigenvalue weighted by molar-refractivity contribution is 7.99. The number of ether oxygens (including phenoxy) is 8. The van der Waals surface area contributed by atoms with Crippen molar-refractivity contribution >= 4 is 23.7 Å². The van der Waals surface area contributed by atoms with Crippen LogP contribution in [0, 0.1) is 13.8 Å². The summed E-state index contributed by atoms with van der Waals surface area (Å²) in [5.41, 5.74) is 2.11. The summed E-state index contributed by atoms with van der Waals surface area (Å²) >= 11 is 1.44. The van der Waals surface area contributed by atoms with Crippen LogP contribution in [0.15, 0.2) is 46.2 Å². The van der Waals surface area contributed by atoms with Gasteiger partial charge in [0.15, 0.2) is 23.0 Å². The van der Waals surface area contributed by atoms with Crippen LogP contribution in [0.5, 0.6) is 34.5 Å². The summed E-state index contributed by atoms with van der Waals surface area (Å²) in [6.45, 7) is 23.8. The Labute approximate surface area is 270 Å². The molecular weight excluding hydrogens is 600 g/mol. The fraction of sp³-hybridized carbons (Fsp3) is 0.471. The number of rotatable bonds is 20. The Balaban J connectivity index is 2.51. The van der Waals surface area contributed by atoms with Gasteiger partial charge in [0.2, 0.25) is 0 Å². The Bertz CT molecular complexity index is 1250. The van der Waals surface area contributed by atoms with E-state index < -0.39 is 11.9 Å². The first-order valence-electron chi connectivity index (χ1n) is 14.9. The minimum atomic E-state index is -0.475. The van der Waals surface area contributed by atoms with E-state index in [1.54, 1.807) is 13.8 Å². The van der Waals surface area contributed by atoms with E-state index >= 15 is 0 Å². The van der Waals surface area contributed by atoms with Gasteiger partial charge < -0.3 is 37.9 Å². The van der Waals surface area contributed by atoms with Gasteiger partial charge in [-0.1, -0.05) is 24.9 Å². The van der Waals surface area contributed by atoms with Gasteiger partial charge in [0.25, 0.3) is 0 Å². The Morgan fingerprint density at radius 2 is 0.933 bits per heavy atom. The lowest BCUT2D eigenvalue weighted by Gasteiger charge is -2.23. The topological polar surface area (TPSA) is 108 Å². The molecule has 0 aliphatic rings. The maximum absolute atomic E-state index is 11.8.